The molecular weight excluding hydrogens is 339 g/mol. The molecule has 0 bridgehead atoms. The largest absolute Gasteiger partial charge is 0.381 e. The number of hydrogen-bond acceptors (Lipinski definition) is 2. The molecular formula is C15H23IO2. The molecule has 18 heavy (non-hydrogen) atoms. The highest BCUT2D eigenvalue weighted by molar-refractivity contribution is 14.1. The molecule has 0 saturated heterocycles. The van der Waals surface area contributed by atoms with Crippen LogP contribution in [-0.2, 0) is 15.9 Å². The summed E-state index contributed by atoms with van der Waals surface area (Å²) >= 11 is 2.36. The molecule has 0 aliphatic heterocycles. The van der Waals surface area contributed by atoms with E-state index in [4.69, 9.17) is 9.47 Å². The number of methoxy groups -OCH3 is 1. The average Bonchev–Trinajstić information content (AvgIpc) is 2.43. The van der Waals surface area contributed by atoms with Crippen LogP contribution in [0.3, 0.4) is 0 Å². The molecule has 0 saturated carbocycles. The summed E-state index contributed by atoms with van der Waals surface area (Å²) in [6.07, 6.45) is 3.13. The number of hydrogen-bond donors (Lipinski definition) is 0. The normalized spacial score (nSPS) is 14.4. The summed E-state index contributed by atoms with van der Waals surface area (Å²) in [5, 5.41) is 0. The first-order chi connectivity index (χ1) is 8.70. The number of alkyl halides is 1. The fourth-order valence-electron chi connectivity index (χ4n) is 1.64. The molecule has 0 fully saturated rings. The van der Waals surface area contributed by atoms with E-state index in [1.807, 2.05) is 0 Å². The van der Waals surface area contributed by atoms with Crippen LogP contribution < -0.4 is 0 Å². The first kappa shape index (κ1) is 15.9. The standard InChI is InChI=1S/C15H23IO2/c1-15(13-16,17-2)10-12-18-11-6-9-14-7-4-3-5-8-14/h3-5,7-8H,6,9-13H2,1-2H3. The Balaban J connectivity index is 2.06. The van der Waals surface area contributed by atoms with Crippen LogP contribution in [0.15, 0.2) is 30.3 Å². The van der Waals surface area contributed by atoms with E-state index >= 15 is 0 Å². The van der Waals surface area contributed by atoms with Crippen LogP contribution in [0.25, 0.3) is 0 Å². The molecule has 1 unspecified atom stereocenters. The minimum Gasteiger partial charge on any atom is -0.381 e. The van der Waals surface area contributed by atoms with Crippen LogP contribution in [0.4, 0.5) is 0 Å². The third kappa shape index (κ3) is 6.16. The van der Waals surface area contributed by atoms with Gasteiger partial charge in [0.25, 0.3) is 0 Å². The van der Waals surface area contributed by atoms with Gasteiger partial charge in [0.15, 0.2) is 0 Å². The van der Waals surface area contributed by atoms with Gasteiger partial charge in [-0.05, 0) is 25.3 Å². The Morgan fingerprint density at radius 1 is 1.17 bits per heavy atom. The average molecular weight is 362 g/mol. The fraction of sp³-hybridized carbons (Fsp3) is 0.600. The molecule has 3 heteroatoms. The van der Waals surface area contributed by atoms with Crippen LogP contribution in [0.2, 0.25) is 0 Å². The number of ether oxygens (including phenoxy) is 2. The molecule has 0 radical (unpaired) electrons. The molecule has 1 rings (SSSR count). The van der Waals surface area contributed by atoms with Crippen molar-refractivity contribution < 1.29 is 9.47 Å². The van der Waals surface area contributed by atoms with E-state index in [9.17, 15) is 0 Å². The zero-order valence-corrected chi connectivity index (χ0v) is 13.5. The summed E-state index contributed by atoms with van der Waals surface area (Å²) < 4.78 is 12.1. The van der Waals surface area contributed by atoms with Crippen molar-refractivity contribution in [3.63, 3.8) is 0 Å². The van der Waals surface area contributed by atoms with Gasteiger partial charge in [0, 0.05) is 31.2 Å². The summed E-state index contributed by atoms with van der Waals surface area (Å²) in [5.41, 5.74) is 1.34. The van der Waals surface area contributed by atoms with Gasteiger partial charge in [-0.2, -0.15) is 0 Å². The first-order valence-corrected chi connectivity index (χ1v) is 7.95. The minimum absolute atomic E-state index is 0.0417. The second-order valence-corrected chi connectivity index (χ2v) is 5.50. The van der Waals surface area contributed by atoms with Crippen molar-refractivity contribution >= 4 is 22.6 Å². The lowest BCUT2D eigenvalue weighted by atomic mass is 10.1. The number of halogens is 1. The van der Waals surface area contributed by atoms with E-state index in [0.717, 1.165) is 36.9 Å². The Morgan fingerprint density at radius 3 is 2.50 bits per heavy atom. The predicted octanol–water partition coefficient (Wildman–Crippen LogP) is 3.87. The van der Waals surface area contributed by atoms with Crippen LogP contribution >= 0.6 is 22.6 Å². The van der Waals surface area contributed by atoms with Gasteiger partial charge in [-0.15, -0.1) is 0 Å². The lowest BCUT2D eigenvalue weighted by Crippen LogP contribution is -2.30. The van der Waals surface area contributed by atoms with Gasteiger partial charge in [-0.25, -0.2) is 0 Å². The zero-order chi connectivity index (χ0) is 13.3. The number of aryl methyl sites for hydroxylation is 1. The minimum atomic E-state index is -0.0417. The van der Waals surface area contributed by atoms with E-state index < -0.39 is 0 Å². The molecule has 0 spiro atoms. The summed E-state index contributed by atoms with van der Waals surface area (Å²) in [5.74, 6) is 0. The third-order valence-electron chi connectivity index (χ3n) is 3.15. The van der Waals surface area contributed by atoms with Crippen molar-refractivity contribution in [2.24, 2.45) is 0 Å². The first-order valence-electron chi connectivity index (χ1n) is 6.43. The highest BCUT2D eigenvalue weighted by Crippen LogP contribution is 2.17. The summed E-state index contributed by atoms with van der Waals surface area (Å²) in [7, 11) is 1.77. The van der Waals surface area contributed by atoms with Crippen LogP contribution in [-0.4, -0.2) is 30.4 Å². The van der Waals surface area contributed by atoms with Crippen molar-refractivity contribution in [1.29, 1.82) is 0 Å². The van der Waals surface area contributed by atoms with Crippen LogP contribution in [0.5, 0.6) is 0 Å². The van der Waals surface area contributed by atoms with Crippen LogP contribution in [0, 0.1) is 0 Å². The van der Waals surface area contributed by atoms with E-state index in [1.54, 1.807) is 7.11 Å². The molecule has 0 aromatic heterocycles. The Hall–Kier alpha value is -0.130. The summed E-state index contributed by atoms with van der Waals surface area (Å²) in [6, 6.07) is 10.5. The highest BCUT2D eigenvalue weighted by Gasteiger charge is 2.21. The van der Waals surface area contributed by atoms with E-state index in [1.165, 1.54) is 5.56 Å². The van der Waals surface area contributed by atoms with Gasteiger partial charge in [-0.3, -0.25) is 0 Å². The van der Waals surface area contributed by atoms with Crippen LogP contribution in [0.1, 0.15) is 25.3 Å². The maximum absolute atomic E-state index is 5.67. The molecule has 1 atom stereocenters. The Morgan fingerprint density at radius 2 is 1.89 bits per heavy atom. The predicted molar refractivity (Wildman–Crippen MR) is 84.5 cm³/mol. The quantitative estimate of drug-likeness (QED) is 0.377. The van der Waals surface area contributed by atoms with Gasteiger partial charge >= 0.3 is 0 Å². The smallest absolute Gasteiger partial charge is 0.0761 e. The molecule has 1 aromatic rings. The van der Waals surface area contributed by atoms with Crippen molar-refractivity contribution in [1.82, 2.24) is 0 Å². The Kier molecular flexibility index (Phi) is 7.86. The molecule has 2 nitrogen and oxygen atoms in total. The van der Waals surface area contributed by atoms with Gasteiger partial charge in [0.05, 0.1) is 5.60 Å². The van der Waals surface area contributed by atoms with Crippen molar-refractivity contribution in [3.8, 4) is 0 Å². The lowest BCUT2D eigenvalue weighted by Gasteiger charge is -2.25. The molecule has 0 aliphatic carbocycles. The van der Waals surface area contributed by atoms with Crippen molar-refractivity contribution in [3.05, 3.63) is 35.9 Å². The van der Waals surface area contributed by atoms with E-state index in [-0.39, 0.29) is 5.60 Å². The SMILES string of the molecule is COC(C)(CI)CCOCCCc1ccccc1. The molecule has 102 valence electrons. The monoisotopic (exact) mass is 362 g/mol. The number of rotatable bonds is 9. The Labute approximate surface area is 124 Å². The van der Waals surface area contributed by atoms with Gasteiger partial charge in [0.2, 0.25) is 0 Å². The number of benzene rings is 1. The van der Waals surface area contributed by atoms with Gasteiger partial charge in [0.1, 0.15) is 0 Å². The van der Waals surface area contributed by atoms with Gasteiger partial charge < -0.3 is 9.47 Å². The van der Waals surface area contributed by atoms with Crippen molar-refractivity contribution in [2.75, 3.05) is 24.8 Å². The highest BCUT2D eigenvalue weighted by atomic mass is 127. The maximum atomic E-state index is 5.67. The lowest BCUT2D eigenvalue weighted by molar-refractivity contribution is -0.00432. The third-order valence-corrected chi connectivity index (χ3v) is 4.76. The Bertz CT molecular complexity index is 310. The molecule has 1 aromatic carbocycles. The fourth-order valence-corrected chi connectivity index (χ4v) is 2.33. The topological polar surface area (TPSA) is 18.5 Å². The molecule has 0 aliphatic rings. The second kappa shape index (κ2) is 8.88. The molecule has 0 heterocycles. The maximum Gasteiger partial charge on any atom is 0.0761 e. The van der Waals surface area contributed by atoms with E-state index in [0.29, 0.717) is 0 Å². The second-order valence-electron chi connectivity index (χ2n) is 4.74. The van der Waals surface area contributed by atoms with Gasteiger partial charge in [-0.1, -0.05) is 52.9 Å². The zero-order valence-electron chi connectivity index (χ0n) is 11.3. The molecule has 0 N–H and O–H groups in total. The van der Waals surface area contributed by atoms with Crippen molar-refractivity contribution in [2.45, 2.75) is 31.8 Å². The molecule has 0 amide bonds. The van der Waals surface area contributed by atoms with E-state index in [2.05, 4.69) is 59.8 Å². The summed E-state index contributed by atoms with van der Waals surface area (Å²) in [4.78, 5) is 0. The summed E-state index contributed by atoms with van der Waals surface area (Å²) in [6.45, 7) is 3.74.